The molecule has 0 aliphatic carbocycles. The molecule has 1 aliphatic rings. The predicted molar refractivity (Wildman–Crippen MR) is 94.7 cm³/mol. The number of piperidine rings is 1. The van der Waals surface area contributed by atoms with Gasteiger partial charge in [-0.05, 0) is 43.9 Å². The molecule has 1 saturated heterocycles. The number of hydrogen-bond acceptors (Lipinski definition) is 4. The molecule has 2 aromatic rings. The number of pyridine rings is 1. The normalized spacial score (nSPS) is 15.5. The number of halogens is 1. The zero-order valence-corrected chi connectivity index (χ0v) is 14.0. The van der Waals surface area contributed by atoms with E-state index in [1.807, 2.05) is 31.3 Å². The molecule has 1 aromatic heterocycles. The maximum atomic E-state index is 13.8. The zero-order chi connectivity index (χ0) is 16.9. The number of aliphatic hydroxyl groups excluding tert-OH is 1. The van der Waals surface area contributed by atoms with E-state index in [9.17, 15) is 9.50 Å². The summed E-state index contributed by atoms with van der Waals surface area (Å²) < 4.78 is 13.8. The van der Waals surface area contributed by atoms with Gasteiger partial charge in [-0.25, -0.2) is 9.37 Å². The van der Waals surface area contributed by atoms with Crippen molar-refractivity contribution in [2.45, 2.75) is 26.3 Å². The SMILES string of the molecule is Cc1ccc(F)c(CNc2ccc(N3CCC(CO)CC3)cn2)c1. The minimum atomic E-state index is -0.198. The molecule has 24 heavy (non-hydrogen) atoms. The summed E-state index contributed by atoms with van der Waals surface area (Å²) in [6.45, 7) is 4.56. The number of aliphatic hydroxyl groups is 1. The number of aromatic nitrogens is 1. The molecule has 0 spiro atoms. The largest absolute Gasteiger partial charge is 0.396 e. The first kappa shape index (κ1) is 16.7. The first-order chi connectivity index (χ1) is 11.7. The Labute approximate surface area is 142 Å². The fraction of sp³-hybridized carbons (Fsp3) is 0.421. The van der Waals surface area contributed by atoms with Crippen LogP contribution in [0.1, 0.15) is 24.0 Å². The van der Waals surface area contributed by atoms with Gasteiger partial charge < -0.3 is 15.3 Å². The van der Waals surface area contributed by atoms with E-state index >= 15 is 0 Å². The lowest BCUT2D eigenvalue weighted by molar-refractivity contribution is 0.203. The van der Waals surface area contributed by atoms with Crippen LogP contribution in [0, 0.1) is 18.7 Å². The van der Waals surface area contributed by atoms with Crippen molar-refractivity contribution in [3.63, 3.8) is 0 Å². The van der Waals surface area contributed by atoms with E-state index in [-0.39, 0.29) is 12.4 Å². The maximum absolute atomic E-state index is 13.8. The molecule has 0 atom stereocenters. The Morgan fingerprint density at radius 3 is 2.71 bits per heavy atom. The number of hydrogen-bond donors (Lipinski definition) is 2. The predicted octanol–water partition coefficient (Wildman–Crippen LogP) is 3.35. The van der Waals surface area contributed by atoms with Gasteiger partial charge in [-0.2, -0.15) is 0 Å². The number of aryl methyl sites for hydroxylation is 1. The highest BCUT2D eigenvalue weighted by Gasteiger charge is 2.18. The molecule has 1 aliphatic heterocycles. The molecular formula is C19H24FN3O. The average molecular weight is 329 g/mol. The first-order valence-corrected chi connectivity index (χ1v) is 8.46. The van der Waals surface area contributed by atoms with Gasteiger partial charge in [0.05, 0.1) is 11.9 Å². The molecule has 3 rings (SSSR count). The highest BCUT2D eigenvalue weighted by atomic mass is 19.1. The van der Waals surface area contributed by atoms with Crippen LogP contribution in [0.15, 0.2) is 36.5 Å². The van der Waals surface area contributed by atoms with Gasteiger partial charge in [0.1, 0.15) is 11.6 Å². The van der Waals surface area contributed by atoms with Gasteiger partial charge in [0, 0.05) is 31.8 Å². The van der Waals surface area contributed by atoms with Crippen molar-refractivity contribution >= 4 is 11.5 Å². The molecule has 0 unspecified atom stereocenters. The summed E-state index contributed by atoms with van der Waals surface area (Å²) in [5.74, 6) is 0.973. The fourth-order valence-electron chi connectivity index (χ4n) is 3.08. The molecule has 0 amide bonds. The van der Waals surface area contributed by atoms with Gasteiger partial charge in [0.25, 0.3) is 0 Å². The Bertz CT molecular complexity index is 667. The standard InChI is InChI=1S/C19H24FN3O/c1-14-2-4-18(20)16(10-14)11-21-19-5-3-17(12-22-19)23-8-6-15(13-24)7-9-23/h2-5,10,12,15,24H,6-9,11,13H2,1H3,(H,21,22). The second-order valence-electron chi connectivity index (χ2n) is 6.46. The summed E-state index contributed by atoms with van der Waals surface area (Å²) in [5, 5.41) is 12.4. The van der Waals surface area contributed by atoms with Gasteiger partial charge in [-0.1, -0.05) is 17.7 Å². The van der Waals surface area contributed by atoms with Crippen LogP contribution in [0.5, 0.6) is 0 Å². The van der Waals surface area contributed by atoms with Crippen molar-refractivity contribution in [2.75, 3.05) is 29.9 Å². The van der Waals surface area contributed by atoms with Crippen molar-refractivity contribution < 1.29 is 9.50 Å². The molecule has 0 bridgehead atoms. The minimum absolute atomic E-state index is 0.198. The smallest absolute Gasteiger partial charge is 0.128 e. The molecular weight excluding hydrogens is 305 g/mol. The van der Waals surface area contributed by atoms with Crippen LogP contribution < -0.4 is 10.2 Å². The molecule has 1 aromatic carbocycles. The highest BCUT2D eigenvalue weighted by Crippen LogP contribution is 2.23. The van der Waals surface area contributed by atoms with Crippen LogP contribution >= 0.6 is 0 Å². The molecule has 5 heteroatoms. The summed E-state index contributed by atoms with van der Waals surface area (Å²) in [7, 11) is 0. The fourth-order valence-corrected chi connectivity index (χ4v) is 3.08. The van der Waals surface area contributed by atoms with Crippen molar-refractivity contribution in [1.29, 1.82) is 0 Å². The Hall–Kier alpha value is -2.14. The van der Waals surface area contributed by atoms with Crippen molar-refractivity contribution in [1.82, 2.24) is 4.98 Å². The van der Waals surface area contributed by atoms with Crippen LogP contribution in [0.4, 0.5) is 15.9 Å². The van der Waals surface area contributed by atoms with Gasteiger partial charge in [-0.15, -0.1) is 0 Å². The number of benzene rings is 1. The van der Waals surface area contributed by atoms with Gasteiger partial charge in [0.2, 0.25) is 0 Å². The molecule has 2 heterocycles. The van der Waals surface area contributed by atoms with E-state index in [0.717, 1.165) is 43.0 Å². The summed E-state index contributed by atoms with van der Waals surface area (Å²) >= 11 is 0. The molecule has 1 fully saturated rings. The van der Waals surface area contributed by atoms with E-state index in [1.165, 1.54) is 6.07 Å². The number of nitrogens with zero attached hydrogens (tertiary/aromatic N) is 2. The first-order valence-electron chi connectivity index (χ1n) is 8.46. The third-order valence-corrected chi connectivity index (χ3v) is 4.65. The summed E-state index contributed by atoms with van der Waals surface area (Å²) in [6.07, 6.45) is 3.89. The Morgan fingerprint density at radius 2 is 2.04 bits per heavy atom. The topological polar surface area (TPSA) is 48.4 Å². The lowest BCUT2D eigenvalue weighted by atomic mass is 9.98. The number of anilines is 2. The summed E-state index contributed by atoms with van der Waals surface area (Å²) in [5.41, 5.74) is 2.79. The minimum Gasteiger partial charge on any atom is -0.396 e. The van der Waals surface area contributed by atoms with Gasteiger partial charge in [-0.3, -0.25) is 0 Å². The van der Waals surface area contributed by atoms with Crippen LogP contribution in [0.2, 0.25) is 0 Å². The average Bonchev–Trinajstić information content (AvgIpc) is 2.63. The van der Waals surface area contributed by atoms with E-state index in [0.29, 0.717) is 18.0 Å². The van der Waals surface area contributed by atoms with Crippen LogP contribution in [0.3, 0.4) is 0 Å². The number of rotatable bonds is 5. The lowest BCUT2D eigenvalue weighted by Gasteiger charge is -2.32. The van der Waals surface area contributed by atoms with Crippen molar-refractivity contribution in [3.05, 3.63) is 53.5 Å². The third kappa shape index (κ3) is 4.03. The molecule has 2 N–H and O–H groups in total. The quantitative estimate of drug-likeness (QED) is 0.883. The monoisotopic (exact) mass is 329 g/mol. The molecule has 4 nitrogen and oxygen atoms in total. The Kier molecular flexibility index (Phi) is 5.30. The molecule has 128 valence electrons. The summed E-state index contributed by atoms with van der Waals surface area (Å²) in [6, 6.07) is 9.09. The second-order valence-corrected chi connectivity index (χ2v) is 6.46. The number of nitrogens with one attached hydrogen (secondary N) is 1. The van der Waals surface area contributed by atoms with E-state index in [1.54, 1.807) is 6.07 Å². The summed E-state index contributed by atoms with van der Waals surface area (Å²) in [4.78, 5) is 6.73. The lowest BCUT2D eigenvalue weighted by Crippen LogP contribution is -2.34. The molecule has 0 radical (unpaired) electrons. The highest BCUT2D eigenvalue weighted by molar-refractivity contribution is 5.50. The zero-order valence-electron chi connectivity index (χ0n) is 14.0. The van der Waals surface area contributed by atoms with E-state index in [4.69, 9.17) is 0 Å². The van der Waals surface area contributed by atoms with Gasteiger partial charge >= 0.3 is 0 Å². The van der Waals surface area contributed by atoms with Gasteiger partial charge in [0.15, 0.2) is 0 Å². The Morgan fingerprint density at radius 1 is 1.25 bits per heavy atom. The van der Waals surface area contributed by atoms with Crippen LogP contribution in [-0.4, -0.2) is 29.8 Å². The van der Waals surface area contributed by atoms with Crippen molar-refractivity contribution in [2.24, 2.45) is 5.92 Å². The van der Waals surface area contributed by atoms with Crippen molar-refractivity contribution in [3.8, 4) is 0 Å². The maximum Gasteiger partial charge on any atom is 0.128 e. The second kappa shape index (κ2) is 7.62. The van der Waals surface area contributed by atoms with Crippen LogP contribution in [0.25, 0.3) is 0 Å². The molecule has 0 saturated carbocycles. The van der Waals surface area contributed by atoms with Crippen LogP contribution in [-0.2, 0) is 6.54 Å². The van der Waals surface area contributed by atoms with E-state index < -0.39 is 0 Å². The third-order valence-electron chi connectivity index (χ3n) is 4.65. The van der Waals surface area contributed by atoms with E-state index in [2.05, 4.69) is 15.2 Å². The Balaban J connectivity index is 1.58.